The Morgan fingerprint density at radius 2 is 1.74 bits per heavy atom. The summed E-state index contributed by atoms with van der Waals surface area (Å²) in [7, 11) is 0. The fourth-order valence-corrected chi connectivity index (χ4v) is 3.08. The van der Waals surface area contributed by atoms with Gasteiger partial charge in [-0.25, -0.2) is 4.98 Å². The quantitative estimate of drug-likeness (QED) is 0.659. The first-order valence-electron chi connectivity index (χ1n) is 7.26. The van der Waals surface area contributed by atoms with E-state index in [2.05, 4.69) is 47.2 Å². The van der Waals surface area contributed by atoms with Crippen molar-refractivity contribution < 1.29 is 0 Å². The van der Waals surface area contributed by atoms with Crippen LogP contribution >= 0.6 is 11.8 Å². The molecule has 1 aromatic carbocycles. The van der Waals surface area contributed by atoms with Crippen LogP contribution in [0.1, 0.15) is 16.7 Å². The second kappa shape index (κ2) is 7.08. The zero-order valence-corrected chi connectivity index (χ0v) is 13.5. The lowest BCUT2D eigenvalue weighted by atomic mass is 10.1. The molecule has 0 aliphatic rings. The van der Waals surface area contributed by atoms with Crippen molar-refractivity contribution in [1.82, 2.24) is 9.97 Å². The SMILES string of the molecule is Cc1ccc(CSc2nc(-c3ccncc3)ccc2C#N)cc1. The second-order valence-electron chi connectivity index (χ2n) is 5.17. The van der Waals surface area contributed by atoms with Gasteiger partial charge in [0.05, 0.1) is 11.3 Å². The molecule has 4 heteroatoms. The van der Waals surface area contributed by atoms with Crippen LogP contribution in [0.15, 0.2) is 66.0 Å². The van der Waals surface area contributed by atoms with E-state index in [1.54, 1.807) is 24.2 Å². The van der Waals surface area contributed by atoms with E-state index >= 15 is 0 Å². The van der Waals surface area contributed by atoms with Gasteiger partial charge in [-0.05, 0) is 36.8 Å². The number of aryl methyl sites for hydroxylation is 1. The predicted octanol–water partition coefficient (Wildman–Crippen LogP) is 4.62. The van der Waals surface area contributed by atoms with Gasteiger partial charge in [0.25, 0.3) is 0 Å². The highest BCUT2D eigenvalue weighted by molar-refractivity contribution is 7.98. The molecule has 0 spiro atoms. The lowest BCUT2D eigenvalue weighted by Crippen LogP contribution is -1.92. The molecule has 3 rings (SSSR count). The minimum atomic E-state index is 0.611. The van der Waals surface area contributed by atoms with Gasteiger partial charge in [-0.1, -0.05) is 29.8 Å². The Kier molecular flexibility index (Phi) is 4.70. The second-order valence-corrected chi connectivity index (χ2v) is 6.14. The number of aromatic nitrogens is 2. The maximum Gasteiger partial charge on any atom is 0.115 e. The van der Waals surface area contributed by atoms with Gasteiger partial charge in [-0.15, -0.1) is 11.8 Å². The highest BCUT2D eigenvalue weighted by Gasteiger charge is 2.08. The van der Waals surface area contributed by atoms with Crippen molar-refractivity contribution in [3.63, 3.8) is 0 Å². The molecule has 0 radical (unpaired) electrons. The van der Waals surface area contributed by atoms with E-state index in [0.717, 1.165) is 22.0 Å². The summed E-state index contributed by atoms with van der Waals surface area (Å²) in [6.45, 7) is 2.07. The van der Waals surface area contributed by atoms with Crippen LogP contribution in [-0.2, 0) is 5.75 Å². The van der Waals surface area contributed by atoms with Gasteiger partial charge < -0.3 is 0 Å². The normalized spacial score (nSPS) is 10.3. The Labute approximate surface area is 140 Å². The molecule has 0 aliphatic heterocycles. The van der Waals surface area contributed by atoms with Gasteiger partial charge in [0.2, 0.25) is 0 Å². The van der Waals surface area contributed by atoms with Gasteiger partial charge in [0.15, 0.2) is 0 Å². The molecule has 3 aromatic rings. The summed E-state index contributed by atoms with van der Waals surface area (Å²) < 4.78 is 0. The molecule has 23 heavy (non-hydrogen) atoms. The molecule has 0 saturated heterocycles. The van der Waals surface area contributed by atoms with Crippen molar-refractivity contribution in [3.8, 4) is 17.3 Å². The van der Waals surface area contributed by atoms with Crippen LogP contribution < -0.4 is 0 Å². The van der Waals surface area contributed by atoms with Crippen molar-refractivity contribution in [3.05, 3.63) is 77.6 Å². The molecule has 2 heterocycles. The van der Waals surface area contributed by atoms with E-state index in [1.807, 2.05) is 24.3 Å². The first-order chi connectivity index (χ1) is 11.3. The molecule has 3 nitrogen and oxygen atoms in total. The van der Waals surface area contributed by atoms with Crippen molar-refractivity contribution in [2.75, 3.05) is 0 Å². The monoisotopic (exact) mass is 317 g/mol. The molecule has 0 amide bonds. The molecule has 0 aliphatic carbocycles. The number of benzene rings is 1. The first-order valence-corrected chi connectivity index (χ1v) is 8.25. The summed E-state index contributed by atoms with van der Waals surface area (Å²) in [4.78, 5) is 8.68. The largest absolute Gasteiger partial charge is 0.265 e. The zero-order chi connectivity index (χ0) is 16.1. The molecule has 2 aromatic heterocycles. The predicted molar refractivity (Wildman–Crippen MR) is 92.9 cm³/mol. The maximum atomic E-state index is 9.30. The summed E-state index contributed by atoms with van der Waals surface area (Å²) in [6.07, 6.45) is 3.49. The topological polar surface area (TPSA) is 49.6 Å². The van der Waals surface area contributed by atoms with E-state index in [1.165, 1.54) is 11.1 Å². The van der Waals surface area contributed by atoms with Crippen molar-refractivity contribution in [2.45, 2.75) is 17.7 Å². The van der Waals surface area contributed by atoms with Crippen LogP contribution in [0.5, 0.6) is 0 Å². The maximum absolute atomic E-state index is 9.30. The Hall–Kier alpha value is -2.64. The summed E-state index contributed by atoms with van der Waals surface area (Å²) in [5.74, 6) is 0.793. The van der Waals surface area contributed by atoms with Gasteiger partial charge >= 0.3 is 0 Å². The summed E-state index contributed by atoms with van der Waals surface area (Å²) in [5, 5.41) is 10.1. The van der Waals surface area contributed by atoms with E-state index in [4.69, 9.17) is 0 Å². The first kappa shape index (κ1) is 15.3. The molecular formula is C19H15N3S. The minimum absolute atomic E-state index is 0.611. The zero-order valence-electron chi connectivity index (χ0n) is 12.7. The molecule has 0 fully saturated rings. The Balaban J connectivity index is 1.85. The summed E-state index contributed by atoms with van der Waals surface area (Å²) >= 11 is 1.59. The molecule has 0 N–H and O–H groups in total. The molecule has 0 atom stereocenters. The lowest BCUT2D eigenvalue weighted by molar-refractivity contribution is 1.11. The number of rotatable bonds is 4. The van der Waals surface area contributed by atoms with Gasteiger partial charge in [-0.2, -0.15) is 5.26 Å². The van der Waals surface area contributed by atoms with E-state index in [-0.39, 0.29) is 0 Å². The van der Waals surface area contributed by atoms with E-state index in [0.29, 0.717) is 5.56 Å². The van der Waals surface area contributed by atoms with Crippen LogP contribution in [-0.4, -0.2) is 9.97 Å². The average Bonchev–Trinajstić information content (AvgIpc) is 2.62. The number of pyridine rings is 2. The molecule has 0 unspecified atom stereocenters. The number of hydrogen-bond donors (Lipinski definition) is 0. The smallest absolute Gasteiger partial charge is 0.115 e. The Morgan fingerprint density at radius 1 is 1.00 bits per heavy atom. The van der Waals surface area contributed by atoms with Gasteiger partial charge in [0, 0.05) is 23.7 Å². The standard InChI is InChI=1S/C19H15N3S/c1-14-2-4-15(5-3-14)13-23-19-17(12-20)6-7-18(22-19)16-8-10-21-11-9-16/h2-11H,13H2,1H3. The lowest BCUT2D eigenvalue weighted by Gasteiger charge is -2.07. The number of hydrogen-bond acceptors (Lipinski definition) is 4. The van der Waals surface area contributed by atoms with Gasteiger partial charge in [0.1, 0.15) is 11.1 Å². The Morgan fingerprint density at radius 3 is 2.43 bits per heavy atom. The van der Waals surface area contributed by atoms with E-state index < -0.39 is 0 Å². The van der Waals surface area contributed by atoms with Crippen molar-refractivity contribution in [1.29, 1.82) is 5.26 Å². The fourth-order valence-electron chi connectivity index (χ4n) is 2.16. The minimum Gasteiger partial charge on any atom is -0.265 e. The van der Waals surface area contributed by atoms with Crippen LogP contribution in [0, 0.1) is 18.3 Å². The third kappa shape index (κ3) is 3.77. The van der Waals surface area contributed by atoms with Crippen LogP contribution in [0.4, 0.5) is 0 Å². The molecule has 0 saturated carbocycles. The third-order valence-corrected chi connectivity index (χ3v) is 4.52. The van der Waals surface area contributed by atoms with Gasteiger partial charge in [-0.3, -0.25) is 4.98 Å². The van der Waals surface area contributed by atoms with Crippen LogP contribution in [0.25, 0.3) is 11.3 Å². The van der Waals surface area contributed by atoms with Crippen LogP contribution in [0.2, 0.25) is 0 Å². The highest BCUT2D eigenvalue weighted by Crippen LogP contribution is 2.27. The highest BCUT2D eigenvalue weighted by atomic mass is 32.2. The third-order valence-electron chi connectivity index (χ3n) is 3.45. The van der Waals surface area contributed by atoms with Crippen molar-refractivity contribution in [2.24, 2.45) is 0 Å². The van der Waals surface area contributed by atoms with Crippen molar-refractivity contribution >= 4 is 11.8 Å². The average molecular weight is 317 g/mol. The Bertz CT molecular complexity index is 837. The van der Waals surface area contributed by atoms with E-state index in [9.17, 15) is 5.26 Å². The number of nitriles is 1. The summed E-state index contributed by atoms with van der Waals surface area (Å²) in [5.41, 5.74) is 4.94. The van der Waals surface area contributed by atoms with Crippen LogP contribution in [0.3, 0.4) is 0 Å². The number of thioether (sulfide) groups is 1. The fraction of sp³-hybridized carbons (Fsp3) is 0.105. The number of nitrogens with zero attached hydrogens (tertiary/aromatic N) is 3. The summed E-state index contributed by atoms with van der Waals surface area (Å²) in [6, 6.07) is 18.2. The molecule has 0 bridgehead atoms. The molecular weight excluding hydrogens is 302 g/mol. The molecule has 112 valence electrons.